The SMILES string of the molecule is CSc1cccc(-n2cc(Br)cc2C(=O)O)c1. The highest BCUT2D eigenvalue weighted by Crippen LogP contribution is 2.23. The second kappa shape index (κ2) is 4.98. The van der Waals surface area contributed by atoms with Gasteiger partial charge in [-0.2, -0.15) is 0 Å². The molecular formula is C12H10BrNO2S. The van der Waals surface area contributed by atoms with E-state index in [0.717, 1.165) is 15.1 Å². The van der Waals surface area contributed by atoms with Crippen molar-refractivity contribution in [1.29, 1.82) is 0 Å². The van der Waals surface area contributed by atoms with Crippen molar-refractivity contribution in [3.8, 4) is 5.69 Å². The van der Waals surface area contributed by atoms with Gasteiger partial charge in [0.15, 0.2) is 0 Å². The van der Waals surface area contributed by atoms with Gasteiger partial charge >= 0.3 is 5.97 Å². The van der Waals surface area contributed by atoms with Crippen LogP contribution in [-0.4, -0.2) is 21.9 Å². The fraction of sp³-hybridized carbons (Fsp3) is 0.0833. The zero-order valence-electron chi connectivity index (χ0n) is 9.05. The third kappa shape index (κ3) is 2.56. The van der Waals surface area contributed by atoms with Crippen molar-refractivity contribution in [3.63, 3.8) is 0 Å². The molecule has 0 fully saturated rings. The maximum atomic E-state index is 11.1. The van der Waals surface area contributed by atoms with E-state index < -0.39 is 5.97 Å². The Hall–Kier alpha value is -1.20. The maximum absolute atomic E-state index is 11.1. The number of aromatic nitrogens is 1. The molecule has 1 heterocycles. The van der Waals surface area contributed by atoms with Gasteiger partial charge in [0.2, 0.25) is 0 Å². The first-order valence-corrected chi connectivity index (χ1v) is 6.89. The van der Waals surface area contributed by atoms with Crippen LogP contribution in [0.25, 0.3) is 5.69 Å². The quantitative estimate of drug-likeness (QED) is 0.880. The molecule has 1 aromatic heterocycles. The Morgan fingerprint density at radius 2 is 2.18 bits per heavy atom. The number of nitrogens with zero attached hydrogens (tertiary/aromatic N) is 1. The molecule has 0 saturated carbocycles. The molecule has 2 rings (SSSR count). The zero-order chi connectivity index (χ0) is 12.4. The van der Waals surface area contributed by atoms with Crippen LogP contribution in [0.4, 0.5) is 0 Å². The van der Waals surface area contributed by atoms with Gasteiger partial charge in [-0.15, -0.1) is 11.8 Å². The lowest BCUT2D eigenvalue weighted by Crippen LogP contribution is -2.05. The summed E-state index contributed by atoms with van der Waals surface area (Å²) in [6, 6.07) is 9.35. The normalized spacial score (nSPS) is 10.5. The van der Waals surface area contributed by atoms with Gasteiger partial charge in [-0.05, 0) is 46.5 Å². The molecule has 0 saturated heterocycles. The summed E-state index contributed by atoms with van der Waals surface area (Å²) in [5, 5.41) is 9.12. The van der Waals surface area contributed by atoms with Crippen LogP contribution in [0, 0.1) is 0 Å². The van der Waals surface area contributed by atoms with Crippen LogP contribution in [-0.2, 0) is 0 Å². The Bertz CT molecular complexity index is 565. The number of rotatable bonds is 3. The van der Waals surface area contributed by atoms with Gasteiger partial charge < -0.3 is 9.67 Å². The van der Waals surface area contributed by atoms with Crippen molar-refractivity contribution < 1.29 is 9.90 Å². The molecule has 1 aromatic carbocycles. The van der Waals surface area contributed by atoms with Crippen molar-refractivity contribution in [1.82, 2.24) is 4.57 Å². The van der Waals surface area contributed by atoms with Crippen LogP contribution in [0.2, 0.25) is 0 Å². The smallest absolute Gasteiger partial charge is 0.352 e. The molecule has 0 spiro atoms. The molecule has 17 heavy (non-hydrogen) atoms. The maximum Gasteiger partial charge on any atom is 0.352 e. The molecule has 88 valence electrons. The Balaban J connectivity index is 2.55. The number of hydrogen-bond acceptors (Lipinski definition) is 2. The van der Waals surface area contributed by atoms with E-state index in [1.807, 2.05) is 30.5 Å². The van der Waals surface area contributed by atoms with E-state index in [2.05, 4.69) is 15.9 Å². The Kier molecular flexibility index (Phi) is 3.59. The molecule has 0 bridgehead atoms. The molecule has 0 radical (unpaired) electrons. The van der Waals surface area contributed by atoms with E-state index in [4.69, 9.17) is 5.11 Å². The first kappa shape index (κ1) is 12.3. The molecule has 0 aliphatic carbocycles. The van der Waals surface area contributed by atoms with Crippen molar-refractivity contribution in [2.45, 2.75) is 4.90 Å². The number of carbonyl (C=O) groups is 1. The number of halogens is 1. The third-order valence-corrected chi connectivity index (χ3v) is 3.50. The van der Waals surface area contributed by atoms with Crippen LogP contribution in [0.1, 0.15) is 10.5 Å². The van der Waals surface area contributed by atoms with Gasteiger partial charge in [0, 0.05) is 21.3 Å². The highest BCUT2D eigenvalue weighted by atomic mass is 79.9. The van der Waals surface area contributed by atoms with Gasteiger partial charge in [-0.1, -0.05) is 6.07 Å². The number of carboxylic acid groups (broad SMARTS) is 1. The van der Waals surface area contributed by atoms with Gasteiger partial charge in [-0.3, -0.25) is 0 Å². The average molecular weight is 312 g/mol. The number of carboxylic acids is 1. The fourth-order valence-corrected chi connectivity index (χ4v) is 2.44. The Labute approximate surface area is 112 Å². The van der Waals surface area contributed by atoms with Crippen LogP contribution < -0.4 is 0 Å². The van der Waals surface area contributed by atoms with E-state index in [1.165, 1.54) is 0 Å². The van der Waals surface area contributed by atoms with E-state index in [1.54, 1.807) is 28.6 Å². The van der Waals surface area contributed by atoms with Gasteiger partial charge in [-0.25, -0.2) is 4.79 Å². The summed E-state index contributed by atoms with van der Waals surface area (Å²) < 4.78 is 2.41. The summed E-state index contributed by atoms with van der Waals surface area (Å²) in [5.74, 6) is -0.940. The molecule has 5 heteroatoms. The molecule has 2 aromatic rings. The van der Waals surface area contributed by atoms with Crippen molar-refractivity contribution in [2.24, 2.45) is 0 Å². The highest BCUT2D eigenvalue weighted by molar-refractivity contribution is 9.10. The predicted molar refractivity (Wildman–Crippen MR) is 72.2 cm³/mol. The molecular weight excluding hydrogens is 302 g/mol. The molecule has 0 amide bonds. The van der Waals surface area contributed by atoms with E-state index in [-0.39, 0.29) is 5.69 Å². The summed E-state index contributed by atoms with van der Waals surface area (Å²) in [5.41, 5.74) is 1.09. The fourth-order valence-electron chi connectivity index (χ4n) is 1.57. The Morgan fingerprint density at radius 3 is 2.82 bits per heavy atom. The first-order chi connectivity index (χ1) is 8.11. The molecule has 3 nitrogen and oxygen atoms in total. The van der Waals surface area contributed by atoms with Crippen LogP contribution in [0.5, 0.6) is 0 Å². The molecule has 1 N–H and O–H groups in total. The zero-order valence-corrected chi connectivity index (χ0v) is 11.5. The lowest BCUT2D eigenvalue weighted by molar-refractivity contribution is 0.0688. The van der Waals surface area contributed by atoms with E-state index in [0.29, 0.717) is 0 Å². The van der Waals surface area contributed by atoms with Gasteiger partial charge in [0.05, 0.1) is 0 Å². The van der Waals surface area contributed by atoms with Crippen molar-refractivity contribution in [2.75, 3.05) is 6.26 Å². The lowest BCUT2D eigenvalue weighted by atomic mass is 10.3. The molecule has 0 aliphatic rings. The highest BCUT2D eigenvalue weighted by Gasteiger charge is 2.12. The second-order valence-electron chi connectivity index (χ2n) is 3.42. The standard InChI is InChI=1S/C12H10BrNO2S/c1-17-10-4-2-3-9(6-10)14-7-8(13)5-11(14)12(15)16/h2-7H,1H3,(H,15,16). The van der Waals surface area contributed by atoms with Crippen LogP contribution in [0.15, 0.2) is 45.9 Å². The minimum Gasteiger partial charge on any atom is -0.477 e. The molecule has 0 atom stereocenters. The van der Waals surface area contributed by atoms with Crippen LogP contribution >= 0.6 is 27.7 Å². The average Bonchev–Trinajstić information content (AvgIpc) is 2.72. The molecule has 0 aliphatic heterocycles. The summed E-state index contributed by atoms with van der Waals surface area (Å²) in [6.07, 6.45) is 3.74. The lowest BCUT2D eigenvalue weighted by Gasteiger charge is -2.07. The number of aromatic carboxylic acids is 1. The minimum absolute atomic E-state index is 0.245. The molecule has 0 unspecified atom stereocenters. The second-order valence-corrected chi connectivity index (χ2v) is 5.22. The number of benzene rings is 1. The number of hydrogen-bond donors (Lipinski definition) is 1. The summed E-state index contributed by atoms with van der Waals surface area (Å²) in [4.78, 5) is 12.2. The van der Waals surface area contributed by atoms with E-state index >= 15 is 0 Å². The summed E-state index contributed by atoms with van der Waals surface area (Å²) in [7, 11) is 0. The summed E-state index contributed by atoms with van der Waals surface area (Å²) in [6.45, 7) is 0. The topological polar surface area (TPSA) is 42.2 Å². The Morgan fingerprint density at radius 1 is 1.41 bits per heavy atom. The predicted octanol–water partition coefficient (Wildman–Crippen LogP) is 3.66. The van der Waals surface area contributed by atoms with E-state index in [9.17, 15) is 4.79 Å². The van der Waals surface area contributed by atoms with Crippen molar-refractivity contribution >= 4 is 33.7 Å². The van der Waals surface area contributed by atoms with Gasteiger partial charge in [0.1, 0.15) is 5.69 Å². The monoisotopic (exact) mass is 311 g/mol. The third-order valence-electron chi connectivity index (χ3n) is 2.34. The minimum atomic E-state index is -0.940. The van der Waals surface area contributed by atoms with Crippen molar-refractivity contribution in [3.05, 3.63) is 46.7 Å². The van der Waals surface area contributed by atoms with Crippen LogP contribution in [0.3, 0.4) is 0 Å². The largest absolute Gasteiger partial charge is 0.477 e. The first-order valence-electron chi connectivity index (χ1n) is 4.87. The summed E-state index contributed by atoms with van der Waals surface area (Å²) >= 11 is 4.92. The van der Waals surface area contributed by atoms with Gasteiger partial charge in [0.25, 0.3) is 0 Å². The number of thioether (sulfide) groups is 1.